The molecule has 0 saturated heterocycles. The van der Waals surface area contributed by atoms with Crippen LogP contribution >= 0.6 is 0 Å². The summed E-state index contributed by atoms with van der Waals surface area (Å²) in [6, 6.07) is 11.9. The Morgan fingerprint density at radius 1 is 1.22 bits per heavy atom. The topological polar surface area (TPSA) is 47.6 Å². The molecule has 2 unspecified atom stereocenters. The zero-order chi connectivity index (χ0) is 19.4. The number of ether oxygens (including phenoxy) is 2. The van der Waals surface area contributed by atoms with Gasteiger partial charge in [-0.25, -0.2) is 0 Å². The van der Waals surface area contributed by atoms with Crippen molar-refractivity contribution in [2.45, 2.75) is 65.1 Å². The second-order valence-electron chi connectivity index (χ2n) is 7.91. The summed E-state index contributed by atoms with van der Waals surface area (Å²) in [7, 11) is 0. The fourth-order valence-corrected chi connectivity index (χ4v) is 4.16. The minimum Gasteiger partial charge on any atom is -0.490 e. The SMILES string of the molecule is CCOC1(C(=O)Nc2ccc(OC(C)C)c3ccccc23)CCCC(C)C1. The van der Waals surface area contributed by atoms with E-state index in [0.717, 1.165) is 47.9 Å². The van der Waals surface area contributed by atoms with Gasteiger partial charge in [0.2, 0.25) is 0 Å². The van der Waals surface area contributed by atoms with Crippen molar-refractivity contribution in [3.63, 3.8) is 0 Å². The van der Waals surface area contributed by atoms with Gasteiger partial charge in [0.1, 0.15) is 11.4 Å². The molecule has 1 fully saturated rings. The molecular weight excluding hydrogens is 338 g/mol. The van der Waals surface area contributed by atoms with Crippen molar-refractivity contribution < 1.29 is 14.3 Å². The van der Waals surface area contributed by atoms with Crippen LogP contribution in [0.4, 0.5) is 5.69 Å². The summed E-state index contributed by atoms with van der Waals surface area (Å²) >= 11 is 0. The summed E-state index contributed by atoms with van der Waals surface area (Å²) < 4.78 is 12.0. The molecule has 1 N–H and O–H groups in total. The molecule has 0 aliphatic heterocycles. The largest absolute Gasteiger partial charge is 0.490 e. The molecule has 0 radical (unpaired) electrons. The Morgan fingerprint density at radius 2 is 1.96 bits per heavy atom. The monoisotopic (exact) mass is 369 g/mol. The number of anilines is 1. The van der Waals surface area contributed by atoms with Gasteiger partial charge in [-0.3, -0.25) is 4.79 Å². The van der Waals surface area contributed by atoms with Crippen LogP contribution < -0.4 is 10.1 Å². The number of rotatable bonds is 6. The van der Waals surface area contributed by atoms with Crippen LogP contribution in [0.5, 0.6) is 5.75 Å². The maximum absolute atomic E-state index is 13.3. The van der Waals surface area contributed by atoms with Crippen molar-refractivity contribution in [3.8, 4) is 5.75 Å². The summed E-state index contributed by atoms with van der Waals surface area (Å²) in [6.07, 6.45) is 3.84. The number of benzene rings is 2. The number of nitrogens with one attached hydrogen (secondary N) is 1. The predicted octanol–water partition coefficient (Wildman–Crippen LogP) is 5.55. The molecule has 1 amide bonds. The van der Waals surface area contributed by atoms with Crippen molar-refractivity contribution in [3.05, 3.63) is 36.4 Å². The number of carbonyl (C=O) groups is 1. The van der Waals surface area contributed by atoms with E-state index in [2.05, 4.69) is 12.2 Å². The average Bonchev–Trinajstić information content (AvgIpc) is 2.63. The number of fused-ring (bicyclic) bond motifs is 1. The van der Waals surface area contributed by atoms with Crippen LogP contribution in [0, 0.1) is 5.92 Å². The van der Waals surface area contributed by atoms with Crippen molar-refractivity contribution in [1.82, 2.24) is 0 Å². The summed E-state index contributed by atoms with van der Waals surface area (Å²) in [5.41, 5.74) is 0.0877. The Hall–Kier alpha value is -2.07. The first-order chi connectivity index (χ1) is 12.9. The van der Waals surface area contributed by atoms with Crippen LogP contribution in [0.3, 0.4) is 0 Å². The van der Waals surface area contributed by atoms with Crippen LogP contribution in [0.15, 0.2) is 36.4 Å². The molecular formula is C23H31NO3. The Morgan fingerprint density at radius 3 is 2.63 bits per heavy atom. The van der Waals surface area contributed by atoms with Crippen LogP contribution in [-0.2, 0) is 9.53 Å². The number of hydrogen-bond donors (Lipinski definition) is 1. The van der Waals surface area contributed by atoms with Gasteiger partial charge in [-0.15, -0.1) is 0 Å². The van der Waals surface area contributed by atoms with Gasteiger partial charge in [0.25, 0.3) is 5.91 Å². The fourth-order valence-electron chi connectivity index (χ4n) is 4.16. The van der Waals surface area contributed by atoms with E-state index in [-0.39, 0.29) is 12.0 Å². The molecule has 4 nitrogen and oxygen atoms in total. The lowest BCUT2D eigenvalue weighted by atomic mass is 9.78. The van der Waals surface area contributed by atoms with E-state index >= 15 is 0 Å². The van der Waals surface area contributed by atoms with Crippen LogP contribution in [0.25, 0.3) is 10.8 Å². The highest BCUT2D eigenvalue weighted by molar-refractivity contribution is 6.06. The first-order valence-electron chi connectivity index (χ1n) is 10.1. The highest BCUT2D eigenvalue weighted by atomic mass is 16.5. The third-order valence-electron chi connectivity index (χ3n) is 5.29. The molecule has 1 saturated carbocycles. The van der Waals surface area contributed by atoms with E-state index < -0.39 is 5.60 Å². The first-order valence-corrected chi connectivity index (χ1v) is 10.1. The molecule has 27 heavy (non-hydrogen) atoms. The molecule has 1 aliphatic rings. The van der Waals surface area contributed by atoms with E-state index in [0.29, 0.717) is 12.5 Å². The van der Waals surface area contributed by atoms with Crippen LogP contribution in [-0.4, -0.2) is 24.2 Å². The van der Waals surface area contributed by atoms with Crippen LogP contribution in [0.1, 0.15) is 53.4 Å². The lowest BCUT2D eigenvalue weighted by Crippen LogP contribution is -2.48. The molecule has 0 aromatic heterocycles. The van der Waals surface area contributed by atoms with E-state index in [9.17, 15) is 4.79 Å². The Bertz CT molecular complexity index is 797. The van der Waals surface area contributed by atoms with Crippen LogP contribution in [0.2, 0.25) is 0 Å². The second-order valence-corrected chi connectivity index (χ2v) is 7.91. The summed E-state index contributed by atoms with van der Waals surface area (Å²) in [5, 5.41) is 5.15. The predicted molar refractivity (Wildman–Crippen MR) is 110 cm³/mol. The maximum atomic E-state index is 13.3. The lowest BCUT2D eigenvalue weighted by molar-refractivity contribution is -0.147. The zero-order valence-corrected chi connectivity index (χ0v) is 16.9. The van der Waals surface area contributed by atoms with E-state index in [1.807, 2.05) is 57.2 Å². The molecule has 0 heterocycles. The molecule has 2 aromatic rings. The van der Waals surface area contributed by atoms with E-state index in [1.54, 1.807) is 0 Å². The highest BCUT2D eigenvalue weighted by Crippen LogP contribution is 2.38. The van der Waals surface area contributed by atoms with Gasteiger partial charge in [-0.2, -0.15) is 0 Å². The van der Waals surface area contributed by atoms with Gasteiger partial charge in [-0.05, 0) is 58.1 Å². The molecule has 146 valence electrons. The second kappa shape index (κ2) is 8.30. The van der Waals surface area contributed by atoms with Gasteiger partial charge in [0.15, 0.2) is 0 Å². The number of carbonyl (C=O) groups excluding carboxylic acids is 1. The van der Waals surface area contributed by atoms with Crippen molar-refractivity contribution in [1.29, 1.82) is 0 Å². The Kier molecular flexibility index (Phi) is 6.05. The lowest BCUT2D eigenvalue weighted by Gasteiger charge is -2.38. The number of hydrogen-bond acceptors (Lipinski definition) is 3. The molecule has 2 atom stereocenters. The molecule has 0 spiro atoms. The third-order valence-corrected chi connectivity index (χ3v) is 5.29. The Labute approximate surface area is 162 Å². The van der Waals surface area contributed by atoms with Crippen molar-refractivity contribution >= 4 is 22.4 Å². The van der Waals surface area contributed by atoms with Crippen molar-refractivity contribution in [2.75, 3.05) is 11.9 Å². The zero-order valence-electron chi connectivity index (χ0n) is 16.9. The molecule has 2 aromatic carbocycles. The average molecular weight is 370 g/mol. The summed E-state index contributed by atoms with van der Waals surface area (Å²) in [6.45, 7) is 8.73. The molecule has 4 heteroatoms. The standard InChI is InChI=1S/C23H31NO3/c1-5-26-23(14-8-9-17(4)15-23)22(25)24-20-12-13-21(27-16(2)3)19-11-7-6-10-18(19)20/h6-7,10-13,16-17H,5,8-9,14-15H2,1-4H3,(H,24,25). The minimum atomic E-state index is -0.722. The smallest absolute Gasteiger partial charge is 0.256 e. The minimum absolute atomic E-state index is 0.0291. The fraction of sp³-hybridized carbons (Fsp3) is 0.522. The number of amides is 1. The summed E-state index contributed by atoms with van der Waals surface area (Å²) in [4.78, 5) is 13.3. The Balaban J connectivity index is 1.92. The van der Waals surface area contributed by atoms with Gasteiger partial charge < -0.3 is 14.8 Å². The molecule has 1 aliphatic carbocycles. The van der Waals surface area contributed by atoms with E-state index in [4.69, 9.17) is 9.47 Å². The van der Waals surface area contributed by atoms with Gasteiger partial charge >= 0.3 is 0 Å². The van der Waals surface area contributed by atoms with Gasteiger partial charge in [0, 0.05) is 23.1 Å². The molecule has 0 bridgehead atoms. The maximum Gasteiger partial charge on any atom is 0.256 e. The summed E-state index contributed by atoms with van der Waals surface area (Å²) in [5.74, 6) is 1.30. The molecule has 3 rings (SSSR count). The first kappa shape index (κ1) is 19.7. The normalized spacial score (nSPS) is 22.8. The van der Waals surface area contributed by atoms with Gasteiger partial charge in [0.05, 0.1) is 6.10 Å². The third kappa shape index (κ3) is 4.27. The van der Waals surface area contributed by atoms with Crippen molar-refractivity contribution in [2.24, 2.45) is 5.92 Å². The van der Waals surface area contributed by atoms with E-state index in [1.165, 1.54) is 0 Å². The quantitative estimate of drug-likeness (QED) is 0.726. The van der Waals surface area contributed by atoms with Gasteiger partial charge in [-0.1, -0.05) is 37.6 Å². The highest BCUT2D eigenvalue weighted by Gasteiger charge is 2.42.